The predicted octanol–water partition coefficient (Wildman–Crippen LogP) is 4.01. The fraction of sp³-hybridized carbons (Fsp3) is 0.143. The Morgan fingerprint density at radius 1 is 1.21 bits per heavy atom. The van der Waals surface area contributed by atoms with Crippen LogP contribution in [0.2, 0.25) is 0 Å². The van der Waals surface area contributed by atoms with Gasteiger partial charge in [-0.05, 0) is 30.0 Å². The minimum Gasteiger partial charge on any atom is -0.220 e. The third-order valence-electron chi connectivity index (χ3n) is 3.02. The number of hydrogen-bond donors (Lipinski definition) is 0. The van der Waals surface area contributed by atoms with Gasteiger partial charge in [-0.25, -0.2) is 9.50 Å². The van der Waals surface area contributed by atoms with Crippen LogP contribution >= 0.6 is 27.7 Å². The van der Waals surface area contributed by atoms with Crippen LogP contribution in [0.1, 0.15) is 5.56 Å². The Morgan fingerprint density at radius 3 is 2.68 bits per heavy atom. The number of hydrogen-bond acceptors (Lipinski definition) is 3. The van der Waals surface area contributed by atoms with E-state index in [2.05, 4.69) is 62.6 Å². The summed E-state index contributed by atoms with van der Waals surface area (Å²) in [5.41, 5.74) is 4.39. The molecule has 0 saturated carbocycles. The van der Waals surface area contributed by atoms with Crippen molar-refractivity contribution in [2.24, 2.45) is 0 Å². The van der Waals surface area contributed by atoms with Crippen molar-refractivity contribution in [3.8, 4) is 11.1 Å². The minimum absolute atomic E-state index is 0.770. The number of fused-ring (bicyclic) bond motifs is 1. The zero-order valence-electron chi connectivity index (χ0n) is 10.4. The lowest BCUT2D eigenvalue weighted by Gasteiger charge is -2.06. The number of benzene rings is 1. The molecule has 0 fully saturated rings. The lowest BCUT2D eigenvalue weighted by Crippen LogP contribution is -1.94. The van der Waals surface area contributed by atoms with Gasteiger partial charge in [-0.15, -0.1) is 11.8 Å². The molecule has 0 atom stereocenters. The van der Waals surface area contributed by atoms with E-state index in [-0.39, 0.29) is 0 Å². The molecule has 2 heterocycles. The molecule has 0 amide bonds. The number of rotatable bonds is 3. The Balaban J connectivity index is 2.12. The van der Waals surface area contributed by atoms with Crippen molar-refractivity contribution >= 4 is 33.3 Å². The maximum atomic E-state index is 4.27. The van der Waals surface area contributed by atoms with Crippen LogP contribution in [0.3, 0.4) is 0 Å². The molecule has 2 aromatic heterocycles. The first-order valence-corrected chi connectivity index (χ1v) is 8.19. The van der Waals surface area contributed by atoms with Crippen molar-refractivity contribution < 1.29 is 0 Å². The molecule has 3 nitrogen and oxygen atoms in total. The van der Waals surface area contributed by atoms with Crippen LogP contribution in [0.25, 0.3) is 16.8 Å². The van der Waals surface area contributed by atoms with Gasteiger partial charge in [-0.1, -0.05) is 28.1 Å². The van der Waals surface area contributed by atoms with Gasteiger partial charge in [0, 0.05) is 27.5 Å². The smallest absolute Gasteiger partial charge is 0.159 e. The van der Waals surface area contributed by atoms with E-state index in [0.29, 0.717) is 0 Å². The molecular formula is C14H12BrN3S. The van der Waals surface area contributed by atoms with Gasteiger partial charge in [0.25, 0.3) is 0 Å². The summed E-state index contributed by atoms with van der Waals surface area (Å²) in [6.07, 6.45) is 5.68. The summed E-state index contributed by atoms with van der Waals surface area (Å²) in [4.78, 5) is 5.54. The number of alkyl halides is 1. The quantitative estimate of drug-likeness (QED) is 0.535. The maximum absolute atomic E-state index is 4.27. The summed E-state index contributed by atoms with van der Waals surface area (Å²) in [5, 5.41) is 5.00. The highest BCUT2D eigenvalue weighted by Gasteiger charge is 2.07. The van der Waals surface area contributed by atoms with E-state index < -0.39 is 0 Å². The third kappa shape index (κ3) is 2.40. The first-order valence-electron chi connectivity index (χ1n) is 5.84. The molecular weight excluding hydrogens is 322 g/mol. The molecule has 3 aromatic rings. The first kappa shape index (κ1) is 12.7. The summed E-state index contributed by atoms with van der Waals surface area (Å²) in [5.74, 6) is 0. The predicted molar refractivity (Wildman–Crippen MR) is 82.8 cm³/mol. The zero-order valence-corrected chi connectivity index (χ0v) is 12.8. The average molecular weight is 334 g/mol. The van der Waals surface area contributed by atoms with Crippen LogP contribution in [-0.4, -0.2) is 20.9 Å². The van der Waals surface area contributed by atoms with E-state index >= 15 is 0 Å². The van der Waals surface area contributed by atoms with E-state index in [9.17, 15) is 0 Å². The summed E-state index contributed by atoms with van der Waals surface area (Å²) in [6, 6.07) is 10.7. The fourth-order valence-corrected chi connectivity index (χ4v) is 2.86. The lowest BCUT2D eigenvalue weighted by atomic mass is 10.1. The second-order valence-corrected chi connectivity index (χ2v) is 5.58. The number of nitrogens with zero attached hydrogens (tertiary/aromatic N) is 3. The van der Waals surface area contributed by atoms with Gasteiger partial charge in [-0.3, -0.25) is 0 Å². The summed E-state index contributed by atoms with van der Waals surface area (Å²) in [6.45, 7) is 0. The first-order chi connectivity index (χ1) is 9.31. The molecule has 96 valence electrons. The van der Waals surface area contributed by atoms with E-state index in [1.165, 1.54) is 10.5 Å². The second-order valence-electron chi connectivity index (χ2n) is 4.14. The molecule has 0 bridgehead atoms. The van der Waals surface area contributed by atoms with Crippen LogP contribution in [0.4, 0.5) is 0 Å². The zero-order chi connectivity index (χ0) is 13.2. The summed E-state index contributed by atoms with van der Waals surface area (Å²) < 4.78 is 1.83. The maximum Gasteiger partial charge on any atom is 0.159 e. The Morgan fingerprint density at radius 2 is 2.00 bits per heavy atom. The Hall–Kier alpha value is -1.33. The number of pyridine rings is 1. The standard InChI is InChI=1S/C14H12BrN3S/c1-19-13-4-2-10(3-5-13)12-6-11(7-15)14-16-9-17-18(14)8-12/h2-6,8-9H,7H2,1H3. The SMILES string of the molecule is CSc1ccc(-c2cc(CBr)c3ncnn3c2)cc1. The molecule has 0 saturated heterocycles. The highest BCUT2D eigenvalue weighted by atomic mass is 79.9. The van der Waals surface area contributed by atoms with Crippen molar-refractivity contribution in [2.75, 3.05) is 6.26 Å². The van der Waals surface area contributed by atoms with Gasteiger partial charge < -0.3 is 0 Å². The van der Waals surface area contributed by atoms with Gasteiger partial charge >= 0.3 is 0 Å². The minimum atomic E-state index is 0.770. The Bertz CT molecular complexity index is 706. The van der Waals surface area contributed by atoms with Crippen molar-refractivity contribution in [2.45, 2.75) is 10.2 Å². The van der Waals surface area contributed by atoms with Crippen molar-refractivity contribution in [1.29, 1.82) is 0 Å². The molecule has 5 heteroatoms. The topological polar surface area (TPSA) is 30.2 Å². The highest BCUT2D eigenvalue weighted by Crippen LogP contribution is 2.25. The largest absolute Gasteiger partial charge is 0.220 e. The fourth-order valence-electron chi connectivity index (χ4n) is 2.04. The molecule has 0 radical (unpaired) electrons. The normalized spacial score (nSPS) is 11.1. The molecule has 0 N–H and O–H groups in total. The van der Waals surface area contributed by atoms with E-state index in [1.54, 1.807) is 18.1 Å². The molecule has 0 aliphatic carbocycles. The summed E-state index contributed by atoms with van der Waals surface area (Å²) in [7, 11) is 0. The number of aromatic nitrogens is 3. The van der Waals surface area contributed by atoms with Gasteiger partial charge in [-0.2, -0.15) is 5.10 Å². The molecule has 0 unspecified atom stereocenters. The van der Waals surface area contributed by atoms with Gasteiger partial charge in [0.15, 0.2) is 5.65 Å². The lowest BCUT2D eigenvalue weighted by molar-refractivity contribution is 0.957. The Labute approximate surface area is 124 Å². The van der Waals surface area contributed by atoms with E-state index in [4.69, 9.17) is 0 Å². The molecule has 0 aliphatic heterocycles. The van der Waals surface area contributed by atoms with E-state index in [1.807, 2.05) is 10.7 Å². The highest BCUT2D eigenvalue weighted by molar-refractivity contribution is 9.08. The van der Waals surface area contributed by atoms with Crippen molar-refractivity contribution in [1.82, 2.24) is 14.6 Å². The molecule has 0 spiro atoms. The number of thioether (sulfide) groups is 1. The van der Waals surface area contributed by atoms with Crippen LogP contribution in [0.5, 0.6) is 0 Å². The van der Waals surface area contributed by atoms with Crippen molar-refractivity contribution in [3.05, 3.63) is 48.4 Å². The van der Waals surface area contributed by atoms with Crippen LogP contribution < -0.4 is 0 Å². The summed E-state index contributed by atoms with van der Waals surface area (Å²) >= 11 is 5.26. The average Bonchev–Trinajstić information content (AvgIpc) is 2.94. The molecule has 3 rings (SSSR count). The van der Waals surface area contributed by atoms with Crippen molar-refractivity contribution in [3.63, 3.8) is 0 Å². The van der Waals surface area contributed by atoms with Crippen LogP contribution in [0.15, 0.2) is 47.8 Å². The van der Waals surface area contributed by atoms with Gasteiger partial charge in [0.05, 0.1) is 0 Å². The molecule has 0 aliphatic rings. The molecule has 19 heavy (non-hydrogen) atoms. The van der Waals surface area contributed by atoms with E-state index in [0.717, 1.165) is 22.1 Å². The molecule has 1 aromatic carbocycles. The van der Waals surface area contributed by atoms with Gasteiger partial charge in [0.1, 0.15) is 6.33 Å². The van der Waals surface area contributed by atoms with Crippen LogP contribution in [-0.2, 0) is 5.33 Å². The van der Waals surface area contributed by atoms with Crippen LogP contribution in [0, 0.1) is 0 Å². The Kier molecular flexibility index (Phi) is 3.57. The monoisotopic (exact) mass is 333 g/mol. The third-order valence-corrected chi connectivity index (χ3v) is 4.37. The second kappa shape index (κ2) is 5.35. The van der Waals surface area contributed by atoms with Gasteiger partial charge in [0.2, 0.25) is 0 Å². The number of halogens is 1.